The van der Waals surface area contributed by atoms with E-state index >= 15 is 0 Å². The highest BCUT2D eigenvalue weighted by molar-refractivity contribution is 7.00. The van der Waals surface area contributed by atoms with Crippen LogP contribution >= 0.6 is 34.9 Å². The van der Waals surface area contributed by atoms with Gasteiger partial charge in [-0.25, -0.2) is 0 Å². The molecule has 1 aromatic carbocycles. The zero-order chi connectivity index (χ0) is 14.1. The number of hydrogen-bond acceptors (Lipinski definition) is 5. The monoisotopic (exact) mass is 324 g/mol. The molecular formula is C13H10Cl2N4S. The predicted molar refractivity (Wildman–Crippen MR) is 83.7 cm³/mol. The Hall–Kier alpha value is -1.43. The molecule has 7 heteroatoms. The van der Waals surface area contributed by atoms with Crippen molar-refractivity contribution in [3.8, 4) is 0 Å². The van der Waals surface area contributed by atoms with E-state index in [9.17, 15) is 0 Å². The van der Waals surface area contributed by atoms with Crippen LogP contribution in [0.3, 0.4) is 0 Å². The SMILES string of the molecule is CC(Nc1c(Cl)cc(Cl)c2nsnc12)c1ccccn1. The molecule has 3 rings (SSSR count). The first-order valence-electron chi connectivity index (χ1n) is 5.94. The molecule has 2 aromatic heterocycles. The van der Waals surface area contributed by atoms with E-state index in [1.165, 1.54) is 0 Å². The number of nitrogens with one attached hydrogen (secondary N) is 1. The summed E-state index contributed by atoms with van der Waals surface area (Å²) in [4.78, 5) is 4.32. The highest BCUT2D eigenvalue weighted by Crippen LogP contribution is 2.36. The third-order valence-corrected chi connectivity index (χ3v) is 4.05. The fourth-order valence-electron chi connectivity index (χ4n) is 1.93. The van der Waals surface area contributed by atoms with Gasteiger partial charge in [0.1, 0.15) is 11.0 Å². The van der Waals surface area contributed by atoms with E-state index < -0.39 is 0 Å². The zero-order valence-electron chi connectivity index (χ0n) is 10.5. The van der Waals surface area contributed by atoms with Crippen LogP contribution in [0.1, 0.15) is 18.7 Å². The largest absolute Gasteiger partial charge is 0.374 e. The molecule has 0 amide bonds. The predicted octanol–water partition coefficient (Wildman–Crippen LogP) is 4.57. The molecule has 3 aromatic rings. The highest BCUT2D eigenvalue weighted by Gasteiger charge is 2.16. The third-order valence-electron chi connectivity index (χ3n) is 2.94. The van der Waals surface area contributed by atoms with Crippen LogP contribution < -0.4 is 5.32 Å². The average Bonchev–Trinajstić information content (AvgIpc) is 2.94. The molecule has 0 spiro atoms. The van der Waals surface area contributed by atoms with Crippen molar-refractivity contribution in [2.45, 2.75) is 13.0 Å². The Labute approximate surface area is 130 Å². The maximum atomic E-state index is 6.27. The number of fused-ring (bicyclic) bond motifs is 1. The Morgan fingerprint density at radius 2 is 1.95 bits per heavy atom. The maximum Gasteiger partial charge on any atom is 0.130 e. The maximum absolute atomic E-state index is 6.27. The van der Waals surface area contributed by atoms with Gasteiger partial charge in [0.2, 0.25) is 0 Å². The van der Waals surface area contributed by atoms with Crippen molar-refractivity contribution < 1.29 is 0 Å². The molecule has 20 heavy (non-hydrogen) atoms. The average molecular weight is 325 g/mol. The van der Waals surface area contributed by atoms with E-state index in [0.29, 0.717) is 21.1 Å². The summed E-state index contributed by atoms with van der Waals surface area (Å²) in [7, 11) is 0. The van der Waals surface area contributed by atoms with Crippen LogP contribution in [0.15, 0.2) is 30.5 Å². The number of nitrogens with zero attached hydrogens (tertiary/aromatic N) is 3. The van der Waals surface area contributed by atoms with Gasteiger partial charge >= 0.3 is 0 Å². The summed E-state index contributed by atoms with van der Waals surface area (Å²) in [6.07, 6.45) is 1.76. The van der Waals surface area contributed by atoms with Gasteiger partial charge in [-0.15, -0.1) is 0 Å². The minimum Gasteiger partial charge on any atom is -0.374 e. The van der Waals surface area contributed by atoms with Crippen LogP contribution in [-0.4, -0.2) is 13.7 Å². The van der Waals surface area contributed by atoms with Gasteiger partial charge < -0.3 is 5.32 Å². The lowest BCUT2D eigenvalue weighted by Gasteiger charge is -2.16. The molecule has 4 nitrogen and oxygen atoms in total. The number of benzene rings is 1. The lowest BCUT2D eigenvalue weighted by Crippen LogP contribution is -2.09. The van der Waals surface area contributed by atoms with E-state index in [1.807, 2.05) is 25.1 Å². The first kappa shape index (κ1) is 13.5. The normalized spacial score (nSPS) is 12.6. The van der Waals surface area contributed by atoms with Gasteiger partial charge in [0.05, 0.1) is 39.2 Å². The summed E-state index contributed by atoms with van der Waals surface area (Å²) < 4.78 is 8.45. The first-order chi connectivity index (χ1) is 9.66. The van der Waals surface area contributed by atoms with E-state index in [1.54, 1.807) is 12.3 Å². The fraction of sp³-hybridized carbons (Fsp3) is 0.154. The van der Waals surface area contributed by atoms with E-state index in [0.717, 1.165) is 23.1 Å². The van der Waals surface area contributed by atoms with Crippen molar-refractivity contribution >= 4 is 51.7 Å². The van der Waals surface area contributed by atoms with Gasteiger partial charge in [-0.05, 0) is 25.1 Å². The summed E-state index contributed by atoms with van der Waals surface area (Å²) in [6.45, 7) is 2.01. The molecule has 0 aliphatic rings. The molecule has 0 aliphatic heterocycles. The lowest BCUT2D eigenvalue weighted by atomic mass is 10.2. The van der Waals surface area contributed by atoms with Crippen LogP contribution in [0, 0.1) is 0 Å². The topological polar surface area (TPSA) is 50.7 Å². The molecule has 1 N–H and O–H groups in total. The minimum absolute atomic E-state index is 0.000208. The fourth-order valence-corrected chi connectivity index (χ4v) is 3.10. The lowest BCUT2D eigenvalue weighted by molar-refractivity contribution is 0.841. The van der Waals surface area contributed by atoms with Crippen molar-refractivity contribution in [3.05, 3.63) is 46.2 Å². The minimum atomic E-state index is -0.000208. The number of rotatable bonds is 3. The molecule has 2 heterocycles. The van der Waals surface area contributed by atoms with Crippen molar-refractivity contribution in [2.24, 2.45) is 0 Å². The summed E-state index contributed by atoms with van der Waals surface area (Å²) >= 11 is 13.5. The van der Waals surface area contributed by atoms with Crippen LogP contribution in [-0.2, 0) is 0 Å². The Morgan fingerprint density at radius 1 is 1.15 bits per heavy atom. The van der Waals surface area contributed by atoms with E-state index in [2.05, 4.69) is 19.0 Å². The molecule has 0 saturated carbocycles. The zero-order valence-corrected chi connectivity index (χ0v) is 12.8. The summed E-state index contributed by atoms with van der Waals surface area (Å²) in [5.41, 5.74) is 3.01. The third kappa shape index (κ3) is 2.44. The molecule has 0 fully saturated rings. The summed E-state index contributed by atoms with van der Waals surface area (Å²) in [6, 6.07) is 7.47. The van der Waals surface area contributed by atoms with Crippen LogP contribution in [0.2, 0.25) is 10.0 Å². The summed E-state index contributed by atoms with van der Waals surface area (Å²) in [5, 5.41) is 4.37. The van der Waals surface area contributed by atoms with Gasteiger partial charge in [-0.3, -0.25) is 4.98 Å². The van der Waals surface area contributed by atoms with Crippen molar-refractivity contribution in [1.29, 1.82) is 0 Å². The van der Waals surface area contributed by atoms with Crippen molar-refractivity contribution in [1.82, 2.24) is 13.7 Å². The van der Waals surface area contributed by atoms with Crippen LogP contribution in [0.4, 0.5) is 5.69 Å². The quantitative estimate of drug-likeness (QED) is 0.766. The van der Waals surface area contributed by atoms with Gasteiger partial charge in [-0.1, -0.05) is 29.3 Å². The molecule has 1 atom stereocenters. The smallest absolute Gasteiger partial charge is 0.130 e. The molecule has 0 radical (unpaired) electrons. The van der Waals surface area contributed by atoms with Crippen molar-refractivity contribution in [2.75, 3.05) is 5.32 Å². The number of halogens is 2. The number of aromatic nitrogens is 3. The Morgan fingerprint density at radius 3 is 2.70 bits per heavy atom. The Bertz CT molecular complexity index is 745. The van der Waals surface area contributed by atoms with Crippen LogP contribution in [0.5, 0.6) is 0 Å². The second-order valence-corrected chi connectivity index (χ2v) is 5.64. The van der Waals surface area contributed by atoms with Crippen molar-refractivity contribution in [3.63, 3.8) is 0 Å². The van der Waals surface area contributed by atoms with E-state index in [4.69, 9.17) is 23.2 Å². The molecule has 1 unspecified atom stereocenters. The van der Waals surface area contributed by atoms with Gasteiger partial charge in [0, 0.05) is 6.20 Å². The molecule has 0 bridgehead atoms. The van der Waals surface area contributed by atoms with Gasteiger partial charge in [0.15, 0.2) is 0 Å². The molecule has 0 saturated heterocycles. The standard InChI is InChI=1S/C13H10Cl2N4S/c1-7(10-4-2-3-5-16-10)17-11-8(14)6-9(15)12-13(11)19-20-18-12/h2-7,17H,1H3. The molecule has 102 valence electrons. The first-order valence-corrected chi connectivity index (χ1v) is 7.43. The van der Waals surface area contributed by atoms with Gasteiger partial charge in [-0.2, -0.15) is 8.75 Å². The number of anilines is 1. The molecule has 0 aliphatic carbocycles. The number of pyridine rings is 1. The summed E-state index contributed by atoms with van der Waals surface area (Å²) in [5.74, 6) is 0. The second-order valence-electron chi connectivity index (χ2n) is 4.30. The van der Waals surface area contributed by atoms with E-state index in [-0.39, 0.29) is 6.04 Å². The van der Waals surface area contributed by atoms with Crippen LogP contribution in [0.25, 0.3) is 11.0 Å². The number of hydrogen-bond donors (Lipinski definition) is 1. The Balaban J connectivity index is 2.01. The second kappa shape index (κ2) is 5.52. The highest BCUT2D eigenvalue weighted by atomic mass is 35.5. The Kier molecular flexibility index (Phi) is 3.74. The van der Waals surface area contributed by atoms with Gasteiger partial charge in [0.25, 0.3) is 0 Å². The molecular weight excluding hydrogens is 315 g/mol.